The van der Waals surface area contributed by atoms with Gasteiger partial charge in [0.25, 0.3) is 5.91 Å². The number of aryl methyl sites for hydroxylation is 2. The third-order valence-electron chi connectivity index (χ3n) is 3.68. The Kier molecular flexibility index (Phi) is 7.21. The first-order valence-corrected chi connectivity index (χ1v) is 8.60. The molecule has 128 valence electrons. The predicted octanol–water partition coefficient (Wildman–Crippen LogP) is 3.36. The highest BCUT2D eigenvalue weighted by Gasteiger charge is 2.09. The van der Waals surface area contributed by atoms with E-state index in [0.717, 1.165) is 32.2 Å². The minimum Gasteiger partial charge on any atom is -0.370 e. The van der Waals surface area contributed by atoms with E-state index in [0.29, 0.717) is 23.9 Å². The molecule has 24 heavy (non-hydrogen) atoms. The number of amides is 1. The lowest BCUT2D eigenvalue weighted by atomic mass is 10.1. The van der Waals surface area contributed by atoms with Crippen molar-refractivity contribution in [2.24, 2.45) is 0 Å². The Balaban J connectivity index is 1.85. The highest BCUT2D eigenvalue weighted by molar-refractivity contribution is 5.92. The SMILES string of the molecule is CCCCNC(=O)c1cc(NCCCc2ccccc2)nc(C)n1. The van der Waals surface area contributed by atoms with Crippen LogP contribution in [0.15, 0.2) is 36.4 Å². The van der Waals surface area contributed by atoms with E-state index in [9.17, 15) is 4.79 Å². The maximum absolute atomic E-state index is 12.1. The molecule has 0 saturated heterocycles. The highest BCUT2D eigenvalue weighted by Crippen LogP contribution is 2.08. The number of carbonyl (C=O) groups is 1. The smallest absolute Gasteiger partial charge is 0.270 e. The Morgan fingerprint density at radius 2 is 1.88 bits per heavy atom. The summed E-state index contributed by atoms with van der Waals surface area (Å²) in [7, 11) is 0. The van der Waals surface area contributed by atoms with Crippen molar-refractivity contribution in [1.82, 2.24) is 15.3 Å². The molecule has 0 aliphatic heterocycles. The summed E-state index contributed by atoms with van der Waals surface area (Å²) in [6.45, 7) is 5.39. The summed E-state index contributed by atoms with van der Waals surface area (Å²) in [6.07, 6.45) is 4.05. The molecule has 0 saturated carbocycles. The second kappa shape index (κ2) is 9.65. The molecule has 2 N–H and O–H groups in total. The van der Waals surface area contributed by atoms with Gasteiger partial charge in [-0.05, 0) is 31.7 Å². The lowest BCUT2D eigenvalue weighted by Crippen LogP contribution is -2.26. The molecule has 2 aromatic rings. The van der Waals surface area contributed by atoms with Gasteiger partial charge >= 0.3 is 0 Å². The van der Waals surface area contributed by atoms with Gasteiger partial charge in [0.15, 0.2) is 0 Å². The molecule has 0 unspecified atom stereocenters. The minimum absolute atomic E-state index is 0.138. The molecule has 1 aromatic carbocycles. The summed E-state index contributed by atoms with van der Waals surface area (Å²) in [5.41, 5.74) is 1.75. The van der Waals surface area contributed by atoms with Gasteiger partial charge in [-0.25, -0.2) is 9.97 Å². The fourth-order valence-corrected chi connectivity index (χ4v) is 2.40. The number of rotatable bonds is 9. The zero-order valence-corrected chi connectivity index (χ0v) is 14.5. The van der Waals surface area contributed by atoms with Gasteiger partial charge in [-0.15, -0.1) is 0 Å². The molecule has 0 bridgehead atoms. The van der Waals surface area contributed by atoms with E-state index in [4.69, 9.17) is 0 Å². The van der Waals surface area contributed by atoms with Gasteiger partial charge in [-0.2, -0.15) is 0 Å². The van der Waals surface area contributed by atoms with E-state index in [-0.39, 0.29) is 5.91 Å². The summed E-state index contributed by atoms with van der Waals surface area (Å²) in [5.74, 6) is 1.17. The van der Waals surface area contributed by atoms with E-state index in [1.807, 2.05) is 6.07 Å². The lowest BCUT2D eigenvalue weighted by Gasteiger charge is -2.09. The average molecular weight is 326 g/mol. The van der Waals surface area contributed by atoms with Crippen LogP contribution in [0, 0.1) is 6.92 Å². The third-order valence-corrected chi connectivity index (χ3v) is 3.68. The Labute approximate surface area is 143 Å². The molecule has 0 fully saturated rings. The molecule has 0 aliphatic rings. The number of nitrogens with zero attached hydrogens (tertiary/aromatic N) is 2. The molecule has 5 heteroatoms. The number of benzene rings is 1. The van der Waals surface area contributed by atoms with E-state index in [2.05, 4.69) is 51.8 Å². The maximum atomic E-state index is 12.1. The summed E-state index contributed by atoms with van der Waals surface area (Å²) in [6, 6.07) is 12.1. The average Bonchev–Trinajstić information content (AvgIpc) is 2.59. The van der Waals surface area contributed by atoms with E-state index < -0.39 is 0 Å². The third kappa shape index (κ3) is 5.99. The van der Waals surface area contributed by atoms with Crippen LogP contribution in [0.2, 0.25) is 0 Å². The van der Waals surface area contributed by atoms with Crippen LogP contribution in [-0.2, 0) is 6.42 Å². The van der Waals surface area contributed by atoms with Gasteiger partial charge in [0, 0.05) is 19.2 Å². The first kappa shape index (κ1) is 17.9. The Hall–Kier alpha value is -2.43. The molecule has 1 aromatic heterocycles. The molecular weight excluding hydrogens is 300 g/mol. The van der Waals surface area contributed by atoms with Crippen molar-refractivity contribution < 1.29 is 4.79 Å². The number of carbonyl (C=O) groups excluding carboxylic acids is 1. The van der Waals surface area contributed by atoms with Crippen molar-refractivity contribution >= 4 is 11.7 Å². The normalized spacial score (nSPS) is 10.4. The maximum Gasteiger partial charge on any atom is 0.270 e. The molecule has 2 rings (SSSR count). The van der Waals surface area contributed by atoms with Crippen LogP contribution in [-0.4, -0.2) is 29.0 Å². The Bertz CT molecular complexity index is 643. The number of anilines is 1. The first-order chi connectivity index (χ1) is 11.7. The number of aromatic nitrogens is 2. The number of unbranched alkanes of at least 4 members (excludes halogenated alkanes) is 1. The zero-order chi connectivity index (χ0) is 17.2. The fourth-order valence-electron chi connectivity index (χ4n) is 2.40. The van der Waals surface area contributed by atoms with Crippen LogP contribution < -0.4 is 10.6 Å². The van der Waals surface area contributed by atoms with Crippen molar-refractivity contribution in [3.05, 3.63) is 53.5 Å². The lowest BCUT2D eigenvalue weighted by molar-refractivity contribution is 0.0948. The van der Waals surface area contributed by atoms with Gasteiger partial charge in [-0.3, -0.25) is 4.79 Å². The van der Waals surface area contributed by atoms with Crippen molar-refractivity contribution in [3.8, 4) is 0 Å². The summed E-state index contributed by atoms with van der Waals surface area (Å²) in [4.78, 5) is 20.7. The number of nitrogens with one attached hydrogen (secondary N) is 2. The standard InChI is InChI=1S/C19H26N4O/c1-3-4-12-21-19(24)17-14-18(23-15(2)22-17)20-13-8-11-16-9-6-5-7-10-16/h5-7,9-10,14H,3-4,8,11-13H2,1-2H3,(H,21,24)(H,20,22,23). The van der Waals surface area contributed by atoms with Crippen LogP contribution in [0.3, 0.4) is 0 Å². The van der Waals surface area contributed by atoms with Crippen LogP contribution >= 0.6 is 0 Å². The number of hydrogen-bond acceptors (Lipinski definition) is 4. The van der Waals surface area contributed by atoms with Crippen molar-refractivity contribution in [2.75, 3.05) is 18.4 Å². The predicted molar refractivity (Wildman–Crippen MR) is 97.3 cm³/mol. The molecular formula is C19H26N4O. The Morgan fingerprint density at radius 3 is 2.62 bits per heavy atom. The molecule has 5 nitrogen and oxygen atoms in total. The van der Waals surface area contributed by atoms with Gasteiger partial charge in [0.05, 0.1) is 0 Å². The van der Waals surface area contributed by atoms with Crippen LogP contribution in [0.25, 0.3) is 0 Å². The first-order valence-electron chi connectivity index (χ1n) is 8.60. The van der Waals surface area contributed by atoms with E-state index >= 15 is 0 Å². The van der Waals surface area contributed by atoms with E-state index in [1.54, 1.807) is 13.0 Å². The van der Waals surface area contributed by atoms with Crippen LogP contribution in [0.1, 0.15) is 48.1 Å². The summed E-state index contributed by atoms with van der Waals surface area (Å²) < 4.78 is 0. The van der Waals surface area contributed by atoms with Gasteiger partial charge in [0.1, 0.15) is 17.3 Å². The number of hydrogen-bond donors (Lipinski definition) is 2. The van der Waals surface area contributed by atoms with Gasteiger partial charge in [-0.1, -0.05) is 43.7 Å². The topological polar surface area (TPSA) is 66.9 Å². The molecule has 1 heterocycles. The van der Waals surface area contributed by atoms with Crippen molar-refractivity contribution in [1.29, 1.82) is 0 Å². The largest absolute Gasteiger partial charge is 0.370 e. The van der Waals surface area contributed by atoms with Crippen molar-refractivity contribution in [3.63, 3.8) is 0 Å². The van der Waals surface area contributed by atoms with Crippen molar-refractivity contribution in [2.45, 2.75) is 39.5 Å². The van der Waals surface area contributed by atoms with E-state index in [1.165, 1.54) is 5.56 Å². The molecule has 1 amide bonds. The van der Waals surface area contributed by atoms with Gasteiger partial charge < -0.3 is 10.6 Å². The fraction of sp³-hybridized carbons (Fsp3) is 0.421. The zero-order valence-electron chi connectivity index (χ0n) is 14.5. The van der Waals surface area contributed by atoms with Gasteiger partial charge in [0.2, 0.25) is 0 Å². The minimum atomic E-state index is -0.138. The van der Waals surface area contributed by atoms with Crippen LogP contribution in [0.4, 0.5) is 5.82 Å². The molecule has 0 aliphatic carbocycles. The quantitative estimate of drug-likeness (QED) is 0.693. The molecule has 0 spiro atoms. The second-order valence-electron chi connectivity index (χ2n) is 5.81. The monoisotopic (exact) mass is 326 g/mol. The molecule has 0 radical (unpaired) electrons. The molecule has 0 atom stereocenters. The summed E-state index contributed by atoms with van der Waals surface area (Å²) in [5, 5.41) is 6.17. The second-order valence-corrected chi connectivity index (χ2v) is 5.81. The van der Waals surface area contributed by atoms with Crippen LogP contribution in [0.5, 0.6) is 0 Å². The summed E-state index contributed by atoms with van der Waals surface area (Å²) >= 11 is 0. The highest BCUT2D eigenvalue weighted by atomic mass is 16.1. The Morgan fingerprint density at radius 1 is 1.08 bits per heavy atom.